The minimum Gasteiger partial charge on any atom is -0.369 e. The van der Waals surface area contributed by atoms with Crippen LogP contribution in [0.25, 0.3) is 0 Å². The first kappa shape index (κ1) is 16.5. The van der Waals surface area contributed by atoms with E-state index >= 15 is 0 Å². The summed E-state index contributed by atoms with van der Waals surface area (Å²) in [5, 5.41) is 7.36. The summed E-state index contributed by atoms with van der Waals surface area (Å²) < 4.78 is 5.81. The van der Waals surface area contributed by atoms with Gasteiger partial charge in [0.05, 0.1) is 17.9 Å². The number of aromatic amines is 1. The predicted molar refractivity (Wildman–Crippen MR) is 88.5 cm³/mol. The highest BCUT2D eigenvalue weighted by atomic mass is 16.5. The number of amides is 1. The van der Waals surface area contributed by atoms with Gasteiger partial charge in [-0.2, -0.15) is 5.10 Å². The maximum absolute atomic E-state index is 13.0. The van der Waals surface area contributed by atoms with Crippen molar-refractivity contribution in [3.8, 4) is 0 Å². The second kappa shape index (κ2) is 5.91. The first-order valence-electron chi connectivity index (χ1n) is 8.60. The maximum Gasteiger partial charge on any atom is 0.274 e. The molecule has 23 heavy (non-hydrogen) atoms. The van der Waals surface area contributed by atoms with E-state index in [0.29, 0.717) is 5.69 Å². The number of fused-ring (bicyclic) bond motifs is 1. The molecule has 0 bridgehead atoms. The van der Waals surface area contributed by atoms with Gasteiger partial charge < -0.3 is 9.64 Å². The molecule has 1 saturated heterocycles. The molecule has 1 amide bonds. The molecular formula is C17H28N4O2. The first-order valence-corrected chi connectivity index (χ1v) is 8.60. The Morgan fingerprint density at radius 3 is 2.78 bits per heavy atom. The molecular weight excluding hydrogens is 292 g/mol. The van der Waals surface area contributed by atoms with Gasteiger partial charge in [0.25, 0.3) is 5.91 Å². The summed E-state index contributed by atoms with van der Waals surface area (Å²) in [4.78, 5) is 17.4. The van der Waals surface area contributed by atoms with E-state index in [1.165, 1.54) is 0 Å². The van der Waals surface area contributed by atoms with E-state index in [2.05, 4.69) is 35.9 Å². The van der Waals surface area contributed by atoms with E-state index in [-0.39, 0.29) is 23.7 Å². The number of carbonyl (C=O) groups excluding carboxylic acids is 1. The molecule has 6 nitrogen and oxygen atoms in total. The molecule has 0 saturated carbocycles. The monoisotopic (exact) mass is 320 g/mol. The zero-order chi connectivity index (χ0) is 16.8. The summed E-state index contributed by atoms with van der Waals surface area (Å²) >= 11 is 0. The molecule has 0 unspecified atom stereocenters. The Bertz CT molecular complexity index is 595. The lowest BCUT2D eigenvalue weighted by Gasteiger charge is -2.46. The fourth-order valence-electron chi connectivity index (χ4n) is 3.95. The van der Waals surface area contributed by atoms with Crippen LogP contribution in [0.1, 0.15) is 62.5 Å². The lowest BCUT2D eigenvalue weighted by Crippen LogP contribution is -2.60. The fourth-order valence-corrected chi connectivity index (χ4v) is 3.95. The third kappa shape index (κ3) is 2.90. The van der Waals surface area contributed by atoms with Crippen LogP contribution in [0.4, 0.5) is 0 Å². The highest BCUT2D eigenvalue weighted by Gasteiger charge is 2.37. The van der Waals surface area contributed by atoms with Crippen molar-refractivity contribution in [3.63, 3.8) is 0 Å². The second-order valence-electron chi connectivity index (χ2n) is 7.38. The number of aromatic nitrogens is 2. The Labute approximate surface area is 138 Å². The third-order valence-corrected chi connectivity index (χ3v) is 5.18. The number of piperazine rings is 1. The van der Waals surface area contributed by atoms with Crippen LogP contribution in [0.3, 0.4) is 0 Å². The number of nitrogens with one attached hydrogen (secondary N) is 1. The van der Waals surface area contributed by atoms with Gasteiger partial charge in [-0.15, -0.1) is 0 Å². The van der Waals surface area contributed by atoms with Crippen LogP contribution in [0.2, 0.25) is 0 Å². The Hall–Kier alpha value is -1.40. The van der Waals surface area contributed by atoms with Gasteiger partial charge in [0.1, 0.15) is 0 Å². The first-order chi connectivity index (χ1) is 10.8. The molecule has 1 N–H and O–H groups in total. The molecule has 6 heteroatoms. The average Bonchev–Trinajstić information content (AvgIpc) is 2.89. The Kier molecular flexibility index (Phi) is 4.23. The van der Waals surface area contributed by atoms with Crippen molar-refractivity contribution in [3.05, 3.63) is 17.0 Å². The molecule has 2 aliphatic rings. The zero-order valence-corrected chi connectivity index (χ0v) is 14.8. The van der Waals surface area contributed by atoms with Gasteiger partial charge in [-0.05, 0) is 34.2 Å². The summed E-state index contributed by atoms with van der Waals surface area (Å²) in [5.74, 6) is 0.0487. The summed E-state index contributed by atoms with van der Waals surface area (Å²) in [6.45, 7) is 14.1. The van der Waals surface area contributed by atoms with E-state index in [0.717, 1.165) is 43.9 Å². The number of likely N-dealkylation sites (N-methyl/N-ethyl adjacent to an activating group) is 1. The van der Waals surface area contributed by atoms with Crippen LogP contribution >= 0.6 is 0 Å². The minimum absolute atomic E-state index is 0.00270. The van der Waals surface area contributed by atoms with Gasteiger partial charge in [0.2, 0.25) is 0 Å². The van der Waals surface area contributed by atoms with Gasteiger partial charge in [-0.3, -0.25) is 14.8 Å². The maximum atomic E-state index is 13.0. The van der Waals surface area contributed by atoms with Crippen LogP contribution in [0.15, 0.2) is 0 Å². The largest absolute Gasteiger partial charge is 0.369 e. The topological polar surface area (TPSA) is 61.5 Å². The van der Waals surface area contributed by atoms with Crippen LogP contribution in [-0.4, -0.2) is 63.7 Å². The number of hydrogen-bond donors (Lipinski definition) is 1. The van der Waals surface area contributed by atoms with E-state index in [1.54, 1.807) is 0 Å². The smallest absolute Gasteiger partial charge is 0.274 e. The molecule has 1 aromatic heterocycles. The van der Waals surface area contributed by atoms with Crippen molar-refractivity contribution in [2.24, 2.45) is 0 Å². The number of hydrogen-bond acceptors (Lipinski definition) is 4. The summed E-state index contributed by atoms with van der Waals surface area (Å²) in [6.07, 6.45) is 0.835. The molecule has 3 rings (SSSR count). The van der Waals surface area contributed by atoms with E-state index in [4.69, 9.17) is 4.74 Å². The molecule has 3 heterocycles. The molecule has 0 radical (unpaired) electrons. The van der Waals surface area contributed by atoms with E-state index < -0.39 is 0 Å². The van der Waals surface area contributed by atoms with Gasteiger partial charge in [0, 0.05) is 37.2 Å². The normalized spacial score (nSPS) is 27.8. The Morgan fingerprint density at radius 1 is 1.39 bits per heavy atom. The van der Waals surface area contributed by atoms with Crippen LogP contribution in [0.5, 0.6) is 0 Å². The average molecular weight is 320 g/mol. The van der Waals surface area contributed by atoms with Crippen LogP contribution < -0.4 is 0 Å². The second-order valence-corrected chi connectivity index (χ2v) is 7.38. The highest BCUT2D eigenvalue weighted by Crippen LogP contribution is 2.31. The molecule has 1 fully saturated rings. The van der Waals surface area contributed by atoms with Crippen molar-refractivity contribution in [2.45, 2.75) is 58.8 Å². The Balaban J connectivity index is 1.82. The van der Waals surface area contributed by atoms with Crippen molar-refractivity contribution in [2.75, 3.05) is 26.2 Å². The SMILES string of the molecule is CCN1CCN(C(=O)c2n[nH]c3c2C[C@H](C)O[C@@H]3C)CC1(C)C. The number of carbonyl (C=O) groups is 1. The molecule has 128 valence electrons. The lowest BCUT2D eigenvalue weighted by molar-refractivity contribution is -0.00719. The zero-order valence-electron chi connectivity index (χ0n) is 14.8. The Morgan fingerprint density at radius 2 is 2.13 bits per heavy atom. The van der Waals surface area contributed by atoms with Gasteiger partial charge in [-0.25, -0.2) is 0 Å². The quantitative estimate of drug-likeness (QED) is 0.905. The number of H-pyrrole nitrogens is 1. The standard InChI is InChI=1S/C17H28N4O2/c1-6-21-8-7-20(10-17(21,4)5)16(22)15-13-9-11(2)23-12(3)14(13)18-19-15/h11-12H,6-10H2,1-5H3,(H,18,19)/t11-,12+/m0/s1. The predicted octanol–water partition coefficient (Wildman–Crippen LogP) is 1.99. The number of nitrogens with zero attached hydrogens (tertiary/aromatic N) is 3. The summed E-state index contributed by atoms with van der Waals surface area (Å²) in [5.41, 5.74) is 2.58. The lowest BCUT2D eigenvalue weighted by atomic mass is 9.96. The highest BCUT2D eigenvalue weighted by molar-refractivity contribution is 5.94. The molecule has 2 atom stereocenters. The van der Waals surface area contributed by atoms with Crippen molar-refractivity contribution < 1.29 is 9.53 Å². The number of ether oxygens (including phenoxy) is 1. The molecule has 0 spiro atoms. The summed E-state index contributed by atoms with van der Waals surface area (Å²) in [6, 6.07) is 0. The van der Waals surface area contributed by atoms with E-state index in [1.807, 2.05) is 18.7 Å². The molecule has 0 aromatic carbocycles. The van der Waals surface area contributed by atoms with Crippen molar-refractivity contribution in [1.29, 1.82) is 0 Å². The summed E-state index contributed by atoms with van der Waals surface area (Å²) in [7, 11) is 0. The van der Waals surface area contributed by atoms with Crippen molar-refractivity contribution in [1.82, 2.24) is 20.0 Å². The third-order valence-electron chi connectivity index (χ3n) is 5.18. The van der Waals surface area contributed by atoms with Gasteiger partial charge in [-0.1, -0.05) is 6.92 Å². The van der Waals surface area contributed by atoms with Crippen LogP contribution in [0, 0.1) is 0 Å². The minimum atomic E-state index is -0.0313. The fraction of sp³-hybridized carbons (Fsp3) is 0.765. The van der Waals surface area contributed by atoms with Gasteiger partial charge >= 0.3 is 0 Å². The molecule has 0 aliphatic carbocycles. The van der Waals surface area contributed by atoms with Crippen LogP contribution in [-0.2, 0) is 11.2 Å². The van der Waals surface area contributed by atoms with Crippen molar-refractivity contribution >= 4 is 5.91 Å². The van der Waals surface area contributed by atoms with Gasteiger partial charge in [0.15, 0.2) is 5.69 Å². The molecule has 2 aliphatic heterocycles. The van der Waals surface area contributed by atoms with E-state index in [9.17, 15) is 4.79 Å². The number of rotatable bonds is 2. The molecule has 1 aromatic rings.